The molecule has 1 unspecified atom stereocenters. The lowest BCUT2D eigenvalue weighted by Gasteiger charge is -2.38. The van der Waals surface area contributed by atoms with E-state index in [9.17, 15) is 0 Å². The summed E-state index contributed by atoms with van der Waals surface area (Å²) in [6, 6.07) is 0. The summed E-state index contributed by atoms with van der Waals surface area (Å²) in [5.41, 5.74) is 0. The molecular weight excluding hydrogens is 304 g/mol. The first-order valence-electron chi connectivity index (χ1n) is 11.7. The number of hydrogen-bond donors (Lipinski definition) is 0. The Bertz CT molecular complexity index is 250. The molecule has 1 atom stereocenters. The maximum absolute atomic E-state index is 2.70. The summed E-state index contributed by atoms with van der Waals surface area (Å²) in [5.74, 6) is 0. The molecular formula is C23H50N2. The zero-order valence-corrected chi connectivity index (χ0v) is 18.5. The summed E-state index contributed by atoms with van der Waals surface area (Å²) < 4.78 is 0. The first-order valence-corrected chi connectivity index (χ1v) is 11.7. The Kier molecular flexibility index (Phi) is 18.6. The highest BCUT2D eigenvalue weighted by atomic mass is 15.3. The van der Waals surface area contributed by atoms with E-state index in [2.05, 4.69) is 44.4 Å². The number of nitrogens with zero attached hydrogens (tertiary/aromatic N) is 2. The van der Waals surface area contributed by atoms with E-state index >= 15 is 0 Å². The Morgan fingerprint density at radius 2 is 0.880 bits per heavy atom. The topological polar surface area (TPSA) is 6.48 Å². The first kappa shape index (κ1) is 24.9. The van der Waals surface area contributed by atoms with E-state index in [1.54, 1.807) is 0 Å². The molecule has 0 rings (SSSR count). The summed E-state index contributed by atoms with van der Waals surface area (Å²) in [7, 11) is 0. The van der Waals surface area contributed by atoms with Crippen molar-refractivity contribution in [2.24, 2.45) is 0 Å². The molecule has 0 aliphatic heterocycles. The van der Waals surface area contributed by atoms with Gasteiger partial charge in [0.25, 0.3) is 0 Å². The van der Waals surface area contributed by atoms with E-state index in [-0.39, 0.29) is 0 Å². The van der Waals surface area contributed by atoms with Gasteiger partial charge in [-0.25, -0.2) is 0 Å². The highest BCUT2D eigenvalue weighted by Crippen LogP contribution is 2.14. The van der Waals surface area contributed by atoms with Crippen LogP contribution in [0.4, 0.5) is 0 Å². The molecule has 0 aromatic carbocycles. The van der Waals surface area contributed by atoms with Gasteiger partial charge in [0.05, 0.1) is 6.17 Å². The molecule has 0 N–H and O–H groups in total. The van der Waals surface area contributed by atoms with Crippen molar-refractivity contribution in [3.05, 3.63) is 0 Å². The van der Waals surface area contributed by atoms with Gasteiger partial charge in [-0.15, -0.1) is 0 Å². The van der Waals surface area contributed by atoms with Gasteiger partial charge in [0.1, 0.15) is 0 Å². The Morgan fingerprint density at radius 1 is 0.480 bits per heavy atom. The Balaban J connectivity index is 3.64. The van der Waals surface area contributed by atoms with Crippen LogP contribution in [0.3, 0.4) is 0 Å². The lowest BCUT2D eigenvalue weighted by Crippen LogP contribution is -2.48. The summed E-state index contributed by atoms with van der Waals surface area (Å²) >= 11 is 0. The van der Waals surface area contributed by atoms with Gasteiger partial charge in [-0.1, -0.05) is 105 Å². The highest BCUT2D eigenvalue weighted by molar-refractivity contribution is 4.70. The van der Waals surface area contributed by atoms with E-state index in [1.165, 1.54) is 110 Å². The van der Waals surface area contributed by atoms with Crippen LogP contribution in [-0.2, 0) is 0 Å². The van der Waals surface area contributed by atoms with Crippen molar-refractivity contribution in [3.8, 4) is 0 Å². The average Bonchev–Trinajstić information content (AvgIpc) is 2.64. The number of unbranched alkanes of at least 4 members (excludes halogenated alkanes) is 11. The van der Waals surface area contributed by atoms with Crippen molar-refractivity contribution in [2.45, 2.75) is 124 Å². The van der Waals surface area contributed by atoms with E-state index in [1.807, 2.05) is 0 Å². The monoisotopic (exact) mass is 354 g/mol. The molecule has 25 heavy (non-hydrogen) atoms. The predicted molar refractivity (Wildman–Crippen MR) is 115 cm³/mol. The smallest absolute Gasteiger partial charge is 0.0619 e. The van der Waals surface area contributed by atoms with Gasteiger partial charge in [-0.05, 0) is 39.0 Å². The fourth-order valence-corrected chi connectivity index (χ4v) is 4.07. The molecule has 152 valence electrons. The van der Waals surface area contributed by atoms with Crippen LogP contribution in [0.2, 0.25) is 0 Å². The molecule has 0 aromatic rings. The molecule has 0 saturated heterocycles. The minimum absolute atomic E-state index is 0.646. The molecule has 0 amide bonds. The van der Waals surface area contributed by atoms with Crippen molar-refractivity contribution in [3.63, 3.8) is 0 Å². The molecule has 2 nitrogen and oxygen atoms in total. The van der Waals surface area contributed by atoms with Gasteiger partial charge in [-0.2, -0.15) is 0 Å². The molecule has 0 heterocycles. The normalized spacial score (nSPS) is 13.1. The summed E-state index contributed by atoms with van der Waals surface area (Å²) in [4.78, 5) is 5.31. The van der Waals surface area contributed by atoms with Gasteiger partial charge >= 0.3 is 0 Å². The van der Waals surface area contributed by atoms with Crippen LogP contribution in [0.5, 0.6) is 0 Å². The third kappa shape index (κ3) is 12.8. The third-order valence-corrected chi connectivity index (χ3v) is 5.73. The maximum atomic E-state index is 2.70. The second-order valence-corrected chi connectivity index (χ2v) is 7.63. The van der Waals surface area contributed by atoms with Gasteiger partial charge < -0.3 is 0 Å². The van der Waals surface area contributed by atoms with Crippen molar-refractivity contribution in [1.82, 2.24) is 9.80 Å². The Hall–Kier alpha value is -0.0800. The van der Waals surface area contributed by atoms with E-state index in [0.29, 0.717) is 6.17 Å². The predicted octanol–water partition coefficient (Wildman–Crippen LogP) is 7.09. The van der Waals surface area contributed by atoms with Gasteiger partial charge in [0.15, 0.2) is 0 Å². The van der Waals surface area contributed by atoms with Crippen LogP contribution in [-0.4, -0.2) is 42.1 Å². The molecule has 0 saturated carbocycles. The zero-order valence-electron chi connectivity index (χ0n) is 18.5. The SMILES string of the molecule is CCCCCCCCCCCCCCN(CC)C(CC)N(CC)CC. The molecule has 2 heteroatoms. The lowest BCUT2D eigenvalue weighted by molar-refractivity contribution is 0.0484. The molecule has 0 aliphatic carbocycles. The molecule has 0 fully saturated rings. The summed E-state index contributed by atoms with van der Waals surface area (Å²) in [6.07, 6.45) is 19.2. The first-order chi connectivity index (χ1) is 12.2. The third-order valence-electron chi connectivity index (χ3n) is 5.73. The van der Waals surface area contributed by atoms with Crippen LogP contribution >= 0.6 is 0 Å². The minimum atomic E-state index is 0.646. The van der Waals surface area contributed by atoms with Crippen LogP contribution in [0, 0.1) is 0 Å². The molecule has 0 spiro atoms. The Morgan fingerprint density at radius 3 is 1.24 bits per heavy atom. The van der Waals surface area contributed by atoms with Gasteiger partial charge in [-0.3, -0.25) is 9.80 Å². The van der Waals surface area contributed by atoms with Crippen LogP contribution in [0.1, 0.15) is 118 Å². The van der Waals surface area contributed by atoms with Crippen molar-refractivity contribution in [2.75, 3.05) is 26.2 Å². The second-order valence-electron chi connectivity index (χ2n) is 7.63. The lowest BCUT2D eigenvalue weighted by atomic mass is 10.1. The number of rotatable bonds is 19. The largest absolute Gasteiger partial charge is 0.288 e. The van der Waals surface area contributed by atoms with Gasteiger partial charge in [0.2, 0.25) is 0 Å². The van der Waals surface area contributed by atoms with E-state index in [0.717, 1.165) is 0 Å². The molecule has 0 aliphatic rings. The standard InChI is InChI=1S/C23H50N2/c1-6-11-12-13-14-15-16-17-18-19-20-21-22-25(10-5)23(7-2)24(8-3)9-4/h23H,6-22H2,1-5H3. The van der Waals surface area contributed by atoms with Crippen LogP contribution in [0.25, 0.3) is 0 Å². The molecule has 0 bridgehead atoms. The molecule has 0 aromatic heterocycles. The summed E-state index contributed by atoms with van der Waals surface area (Å²) in [5, 5.41) is 0. The maximum Gasteiger partial charge on any atom is 0.0619 e. The fourth-order valence-electron chi connectivity index (χ4n) is 4.07. The van der Waals surface area contributed by atoms with Crippen LogP contribution < -0.4 is 0 Å². The van der Waals surface area contributed by atoms with Crippen molar-refractivity contribution >= 4 is 0 Å². The van der Waals surface area contributed by atoms with Crippen molar-refractivity contribution < 1.29 is 0 Å². The van der Waals surface area contributed by atoms with E-state index in [4.69, 9.17) is 0 Å². The van der Waals surface area contributed by atoms with Gasteiger partial charge in [0, 0.05) is 0 Å². The van der Waals surface area contributed by atoms with Crippen molar-refractivity contribution in [1.29, 1.82) is 0 Å². The summed E-state index contributed by atoms with van der Waals surface area (Å²) in [6.45, 7) is 16.4. The Labute approximate surface area is 160 Å². The van der Waals surface area contributed by atoms with E-state index < -0.39 is 0 Å². The quantitative estimate of drug-likeness (QED) is 0.180. The fraction of sp³-hybridized carbons (Fsp3) is 1.00. The second kappa shape index (κ2) is 18.7. The van der Waals surface area contributed by atoms with Crippen LogP contribution in [0.15, 0.2) is 0 Å². The highest BCUT2D eigenvalue weighted by Gasteiger charge is 2.19. The number of hydrogen-bond acceptors (Lipinski definition) is 2. The zero-order chi connectivity index (χ0) is 18.8. The average molecular weight is 355 g/mol. The molecule has 0 radical (unpaired) electrons. The minimum Gasteiger partial charge on any atom is -0.288 e.